The molecule has 0 saturated heterocycles. The van der Waals surface area contributed by atoms with Gasteiger partial charge in [-0.05, 0) is 24.8 Å². The van der Waals surface area contributed by atoms with Crippen molar-refractivity contribution in [3.8, 4) is 0 Å². The molecule has 180 valence electrons. The van der Waals surface area contributed by atoms with Crippen molar-refractivity contribution in [1.82, 2.24) is 0 Å². The smallest absolute Gasteiger partial charge is 0.172 e. The van der Waals surface area contributed by atoms with Crippen LogP contribution in [0.2, 0.25) is 0 Å². The van der Waals surface area contributed by atoms with Crippen LogP contribution in [0.25, 0.3) is 0 Å². The second-order valence-corrected chi connectivity index (χ2v) is 9.89. The molecular formula is C30H56N+. The zero-order valence-electron chi connectivity index (χ0n) is 21.7. The van der Waals surface area contributed by atoms with Crippen molar-refractivity contribution in [3.63, 3.8) is 0 Å². The maximum atomic E-state index is 2.44. The topological polar surface area (TPSA) is 3.88 Å². The molecule has 1 heterocycles. The summed E-state index contributed by atoms with van der Waals surface area (Å²) >= 11 is 0. The van der Waals surface area contributed by atoms with Crippen LogP contribution in [0.4, 0.5) is 0 Å². The Morgan fingerprint density at radius 3 is 1.35 bits per heavy atom. The van der Waals surface area contributed by atoms with Crippen molar-refractivity contribution in [2.24, 2.45) is 0 Å². The van der Waals surface area contributed by atoms with Gasteiger partial charge in [-0.15, -0.1) is 0 Å². The minimum Gasteiger partial charge on any atom is -0.205 e. The van der Waals surface area contributed by atoms with Gasteiger partial charge in [-0.1, -0.05) is 130 Å². The second-order valence-electron chi connectivity index (χ2n) is 9.89. The van der Waals surface area contributed by atoms with E-state index in [1.165, 1.54) is 141 Å². The zero-order chi connectivity index (χ0) is 22.4. The summed E-state index contributed by atoms with van der Waals surface area (Å²) in [4.78, 5) is 0. The highest BCUT2D eigenvalue weighted by Gasteiger charge is 2.08. The summed E-state index contributed by atoms with van der Waals surface area (Å²) in [5.74, 6) is 0. The number of hydrogen-bond donors (Lipinski definition) is 0. The molecule has 1 rings (SSSR count). The van der Waals surface area contributed by atoms with Crippen LogP contribution in [0.3, 0.4) is 0 Å². The number of pyridine rings is 1. The molecule has 0 fully saturated rings. The number of unbranched alkanes of at least 4 members (excludes halogenated alkanes) is 16. The van der Waals surface area contributed by atoms with Gasteiger partial charge in [0.2, 0.25) is 0 Å². The Kier molecular flexibility index (Phi) is 19.1. The third-order valence-corrected chi connectivity index (χ3v) is 6.76. The lowest BCUT2D eigenvalue weighted by molar-refractivity contribution is -0.697. The average molecular weight is 431 g/mol. The van der Waals surface area contributed by atoms with E-state index in [2.05, 4.69) is 43.8 Å². The van der Waals surface area contributed by atoms with Gasteiger partial charge in [-0.3, -0.25) is 0 Å². The molecule has 0 bridgehead atoms. The molecule has 1 aromatic rings. The van der Waals surface area contributed by atoms with E-state index < -0.39 is 0 Å². The van der Waals surface area contributed by atoms with E-state index in [1.54, 1.807) is 11.1 Å². The highest BCUT2D eigenvalue weighted by molar-refractivity contribution is 5.21. The number of nitrogens with zero attached hydrogens (tertiary/aromatic N) is 1. The van der Waals surface area contributed by atoms with Gasteiger partial charge in [0.1, 0.15) is 6.54 Å². The summed E-state index contributed by atoms with van der Waals surface area (Å²) in [5.41, 5.74) is 3.15. The molecule has 0 spiro atoms. The Labute approximate surface area is 196 Å². The van der Waals surface area contributed by atoms with Gasteiger partial charge in [0.25, 0.3) is 0 Å². The van der Waals surface area contributed by atoms with Crippen LogP contribution < -0.4 is 4.57 Å². The first kappa shape index (κ1) is 28.2. The third-order valence-electron chi connectivity index (χ3n) is 6.76. The molecule has 0 unspecified atom stereocenters. The van der Waals surface area contributed by atoms with Crippen molar-refractivity contribution >= 4 is 0 Å². The van der Waals surface area contributed by atoms with E-state index in [4.69, 9.17) is 0 Å². The van der Waals surface area contributed by atoms with Crippen LogP contribution in [0.5, 0.6) is 0 Å². The van der Waals surface area contributed by atoms with Gasteiger partial charge in [0, 0.05) is 18.1 Å². The van der Waals surface area contributed by atoms with Gasteiger partial charge in [-0.25, -0.2) is 4.57 Å². The summed E-state index contributed by atoms with van der Waals surface area (Å²) in [6, 6.07) is 2.38. The maximum absolute atomic E-state index is 2.44. The molecule has 0 aromatic carbocycles. The Morgan fingerprint density at radius 1 is 0.484 bits per heavy atom. The largest absolute Gasteiger partial charge is 0.205 e. The Balaban J connectivity index is 1.92. The molecule has 1 aromatic heterocycles. The number of rotatable bonds is 22. The molecule has 0 aliphatic rings. The first-order valence-electron chi connectivity index (χ1n) is 14.3. The molecular weight excluding hydrogens is 374 g/mol. The number of hydrogen-bond acceptors (Lipinski definition) is 0. The van der Waals surface area contributed by atoms with Crippen LogP contribution in [-0.2, 0) is 19.4 Å². The Hall–Kier alpha value is -0.850. The van der Waals surface area contributed by atoms with Crippen LogP contribution in [0.15, 0.2) is 18.5 Å². The quantitative estimate of drug-likeness (QED) is 0.127. The fourth-order valence-electron chi connectivity index (χ4n) is 4.78. The highest BCUT2D eigenvalue weighted by atomic mass is 14.9. The summed E-state index contributed by atoms with van der Waals surface area (Å²) < 4.78 is 2.44. The summed E-state index contributed by atoms with van der Waals surface area (Å²) in [5, 5.41) is 0. The predicted octanol–water partition coefficient (Wildman–Crippen LogP) is 9.53. The van der Waals surface area contributed by atoms with Crippen LogP contribution in [0, 0.1) is 0 Å². The molecule has 0 radical (unpaired) electrons. The summed E-state index contributed by atoms with van der Waals surface area (Å²) in [7, 11) is 0. The van der Waals surface area contributed by atoms with Gasteiger partial charge < -0.3 is 0 Å². The van der Waals surface area contributed by atoms with Crippen molar-refractivity contribution in [3.05, 3.63) is 29.6 Å². The normalized spacial score (nSPS) is 11.3. The van der Waals surface area contributed by atoms with E-state index in [1.807, 2.05) is 0 Å². The fraction of sp³-hybridized carbons (Fsp3) is 0.833. The molecule has 1 heteroatoms. The van der Waals surface area contributed by atoms with E-state index in [9.17, 15) is 0 Å². The molecule has 0 saturated carbocycles. The van der Waals surface area contributed by atoms with E-state index in [0.29, 0.717) is 0 Å². The van der Waals surface area contributed by atoms with Gasteiger partial charge in [0.05, 0.1) is 0 Å². The Bertz CT molecular complexity index is 507. The van der Waals surface area contributed by atoms with Crippen molar-refractivity contribution in [2.75, 3.05) is 0 Å². The maximum Gasteiger partial charge on any atom is 0.172 e. The van der Waals surface area contributed by atoms with Crippen LogP contribution >= 0.6 is 0 Å². The predicted molar refractivity (Wildman–Crippen MR) is 139 cm³/mol. The molecule has 0 N–H and O–H groups in total. The molecule has 0 aliphatic carbocycles. The van der Waals surface area contributed by atoms with E-state index >= 15 is 0 Å². The number of aromatic nitrogens is 1. The zero-order valence-corrected chi connectivity index (χ0v) is 21.7. The first-order valence-corrected chi connectivity index (χ1v) is 14.3. The molecule has 1 nitrogen and oxygen atoms in total. The SMILES string of the molecule is CCCCCCCCCCCCCCCCCCC[n+]1ccc(CCC)c(CCC)c1. The molecule has 0 aliphatic heterocycles. The number of aryl methyl sites for hydroxylation is 3. The Morgan fingerprint density at radius 2 is 0.903 bits per heavy atom. The van der Waals surface area contributed by atoms with Crippen LogP contribution in [-0.4, -0.2) is 0 Å². The van der Waals surface area contributed by atoms with Gasteiger partial charge >= 0.3 is 0 Å². The first-order chi connectivity index (χ1) is 15.3. The monoisotopic (exact) mass is 430 g/mol. The van der Waals surface area contributed by atoms with Crippen molar-refractivity contribution in [1.29, 1.82) is 0 Å². The van der Waals surface area contributed by atoms with Crippen LogP contribution in [0.1, 0.15) is 154 Å². The third kappa shape index (κ3) is 15.6. The molecule has 31 heavy (non-hydrogen) atoms. The van der Waals surface area contributed by atoms with Crippen molar-refractivity contribution in [2.45, 2.75) is 162 Å². The van der Waals surface area contributed by atoms with E-state index in [0.717, 1.165) is 0 Å². The average Bonchev–Trinajstić information content (AvgIpc) is 2.78. The van der Waals surface area contributed by atoms with Crippen molar-refractivity contribution < 1.29 is 4.57 Å². The standard InChI is InChI=1S/C30H56N/c1-4-7-8-9-10-11-12-13-14-15-16-17-18-19-20-21-22-26-31-27-25-29(23-5-2)30(28-31)24-6-3/h25,27-28H,4-24,26H2,1-3H3/q+1. The lowest BCUT2D eigenvalue weighted by Crippen LogP contribution is -2.33. The minimum absolute atomic E-state index is 1.20. The van der Waals surface area contributed by atoms with Gasteiger partial charge in [-0.2, -0.15) is 0 Å². The minimum atomic E-state index is 1.20. The fourth-order valence-corrected chi connectivity index (χ4v) is 4.78. The molecule has 0 atom stereocenters. The molecule has 0 amide bonds. The summed E-state index contributed by atoms with van der Waals surface area (Å²) in [6.45, 7) is 8.08. The highest BCUT2D eigenvalue weighted by Crippen LogP contribution is 2.14. The second kappa shape index (κ2) is 21.0. The summed E-state index contributed by atoms with van der Waals surface area (Å²) in [6.07, 6.45) is 34.3. The van der Waals surface area contributed by atoms with E-state index in [-0.39, 0.29) is 0 Å². The van der Waals surface area contributed by atoms with Gasteiger partial charge in [0.15, 0.2) is 12.4 Å². The lowest BCUT2D eigenvalue weighted by Gasteiger charge is -2.07. The lowest BCUT2D eigenvalue weighted by atomic mass is 10.0.